The van der Waals surface area contributed by atoms with Gasteiger partial charge in [-0.15, -0.1) is 0 Å². The largest absolute Gasteiger partial charge is 0.361 e. The van der Waals surface area contributed by atoms with Crippen molar-refractivity contribution in [3.05, 3.63) is 0 Å². The van der Waals surface area contributed by atoms with Crippen LogP contribution in [0.1, 0.15) is 0 Å². The molecule has 0 unspecified atom stereocenters. The second kappa shape index (κ2) is 1.43. The molecular formula is C3H6N2S. The van der Waals surface area contributed by atoms with Crippen LogP contribution in [0.25, 0.3) is 0 Å². The fourth-order valence-corrected chi connectivity index (χ4v) is 0.619. The van der Waals surface area contributed by atoms with Crippen LogP contribution in [0.5, 0.6) is 0 Å². The zero-order valence-electron chi connectivity index (χ0n) is 3.32. The number of hydrogen-bond donors (Lipinski definition) is 2. The maximum absolute atomic E-state index is 4.70. The van der Waals surface area contributed by atoms with Gasteiger partial charge in [0.05, 0.1) is 0 Å². The lowest BCUT2D eigenvalue weighted by molar-refractivity contribution is 0.942. The highest BCUT2D eigenvalue weighted by Gasteiger charge is 1.98. The smallest absolute Gasteiger partial charge is 0.166 e. The average molecular weight is 104 g/mol. The standard InChI is InChI=1S/C3H6N2S/c6-3-4-1-2-5-3/h1-2H2,(H2,4,5,6)/i4+1,5+1. The van der Waals surface area contributed by atoms with E-state index < -0.39 is 0 Å². The van der Waals surface area contributed by atoms with Gasteiger partial charge in [0.1, 0.15) is 0 Å². The predicted octanol–water partition coefficient (Wildman–Crippen LogP) is -0.536. The van der Waals surface area contributed by atoms with Gasteiger partial charge in [-0.05, 0) is 12.2 Å². The molecule has 0 bridgehead atoms. The Kier molecular flexibility index (Phi) is 0.919. The summed E-state index contributed by atoms with van der Waals surface area (Å²) in [6.07, 6.45) is 0. The quantitative estimate of drug-likeness (QED) is 0.319. The van der Waals surface area contributed by atoms with Crippen LogP contribution in [0.3, 0.4) is 0 Å². The Morgan fingerprint density at radius 1 is 1.33 bits per heavy atom. The van der Waals surface area contributed by atoms with E-state index in [0.29, 0.717) is 0 Å². The fourth-order valence-electron chi connectivity index (χ4n) is 0.415. The molecule has 0 amide bonds. The second-order valence-electron chi connectivity index (χ2n) is 1.18. The topological polar surface area (TPSA) is 24.1 Å². The number of rotatable bonds is 0. The third-order valence-electron chi connectivity index (χ3n) is 0.696. The summed E-state index contributed by atoms with van der Waals surface area (Å²) in [7, 11) is 0. The van der Waals surface area contributed by atoms with Crippen LogP contribution in [-0.4, -0.2) is 18.2 Å². The zero-order valence-corrected chi connectivity index (χ0v) is 4.14. The Morgan fingerprint density at radius 2 is 1.83 bits per heavy atom. The lowest BCUT2D eigenvalue weighted by atomic mass is 10.8. The van der Waals surface area contributed by atoms with Crippen molar-refractivity contribution < 1.29 is 0 Å². The highest BCUT2D eigenvalue weighted by molar-refractivity contribution is 7.80. The first kappa shape index (κ1) is 3.87. The molecule has 0 aliphatic carbocycles. The van der Waals surface area contributed by atoms with Crippen LogP contribution < -0.4 is 10.6 Å². The molecule has 0 radical (unpaired) electrons. The molecule has 0 spiro atoms. The third-order valence-corrected chi connectivity index (χ3v) is 0.985. The number of nitrogens with one attached hydrogen (secondary N) is 2. The highest BCUT2D eigenvalue weighted by atomic mass is 32.1. The van der Waals surface area contributed by atoms with Crippen LogP contribution in [-0.2, 0) is 0 Å². The summed E-state index contributed by atoms with van der Waals surface area (Å²) in [5.74, 6) is 0. The Hall–Kier alpha value is -0.310. The van der Waals surface area contributed by atoms with Gasteiger partial charge in [-0.25, -0.2) is 0 Å². The van der Waals surface area contributed by atoms with Gasteiger partial charge in [0.2, 0.25) is 0 Å². The Labute approximate surface area is 41.9 Å². The van der Waals surface area contributed by atoms with Crippen LogP contribution >= 0.6 is 12.2 Å². The molecule has 1 aliphatic rings. The first-order chi connectivity index (χ1) is 2.89. The molecule has 3 heteroatoms. The second-order valence-corrected chi connectivity index (χ2v) is 1.59. The van der Waals surface area contributed by atoms with E-state index in [1.165, 1.54) is 0 Å². The molecule has 0 atom stereocenters. The zero-order chi connectivity index (χ0) is 4.41. The van der Waals surface area contributed by atoms with E-state index in [0.717, 1.165) is 18.2 Å². The van der Waals surface area contributed by atoms with E-state index >= 15 is 0 Å². The SMILES string of the molecule is S=C1[15NH]CC[15NH]1. The van der Waals surface area contributed by atoms with Gasteiger partial charge in [-0.3, -0.25) is 0 Å². The Bertz CT molecular complexity index is 63.2. The van der Waals surface area contributed by atoms with Gasteiger partial charge in [-0.1, -0.05) is 0 Å². The van der Waals surface area contributed by atoms with Gasteiger partial charge in [-0.2, -0.15) is 0 Å². The van der Waals surface area contributed by atoms with Crippen molar-refractivity contribution in [2.45, 2.75) is 0 Å². The molecule has 34 valence electrons. The molecule has 2 N–H and O–H groups in total. The third kappa shape index (κ3) is 0.597. The molecule has 0 saturated carbocycles. The molecule has 1 rings (SSSR count). The number of thiocarbonyl (C=S) groups is 1. The molecule has 0 aromatic heterocycles. The summed E-state index contributed by atoms with van der Waals surface area (Å²) in [5.41, 5.74) is 0. The Balaban J connectivity index is 2.37. The van der Waals surface area contributed by atoms with Gasteiger partial charge in [0, 0.05) is 13.1 Å². The van der Waals surface area contributed by atoms with Crippen molar-refractivity contribution in [2.75, 3.05) is 13.1 Å². The summed E-state index contributed by atoms with van der Waals surface area (Å²) in [4.78, 5) is 0. The molecule has 0 aromatic rings. The molecule has 2 nitrogen and oxygen atoms in total. The highest BCUT2D eigenvalue weighted by Crippen LogP contribution is 1.71. The van der Waals surface area contributed by atoms with Gasteiger partial charge >= 0.3 is 0 Å². The van der Waals surface area contributed by atoms with Crippen LogP contribution in [0, 0.1) is 0 Å². The summed E-state index contributed by atoms with van der Waals surface area (Å²) in [6, 6.07) is 0. The fraction of sp³-hybridized carbons (Fsp3) is 0.667. The van der Waals surface area contributed by atoms with Crippen LogP contribution in [0.4, 0.5) is 0 Å². The molecule has 1 heterocycles. The number of hydrogen-bond acceptors (Lipinski definition) is 1. The monoisotopic (exact) mass is 104 g/mol. The van der Waals surface area contributed by atoms with E-state index in [9.17, 15) is 0 Å². The van der Waals surface area contributed by atoms with Crippen LogP contribution in [0.2, 0.25) is 0 Å². The first-order valence-corrected chi connectivity index (χ1v) is 2.32. The van der Waals surface area contributed by atoms with Crippen molar-refractivity contribution in [2.24, 2.45) is 0 Å². The lowest BCUT2D eigenvalue weighted by Gasteiger charge is -1.85. The normalized spacial score (nSPS) is 19.7. The summed E-state index contributed by atoms with van der Waals surface area (Å²) >= 11 is 4.70. The van der Waals surface area contributed by atoms with Crippen molar-refractivity contribution in [3.63, 3.8) is 0 Å². The van der Waals surface area contributed by atoms with E-state index in [-0.39, 0.29) is 0 Å². The molecule has 1 aliphatic heterocycles. The van der Waals surface area contributed by atoms with Gasteiger partial charge in [0.25, 0.3) is 0 Å². The van der Waals surface area contributed by atoms with E-state index in [1.807, 2.05) is 0 Å². The summed E-state index contributed by atoms with van der Waals surface area (Å²) < 4.78 is 0. The van der Waals surface area contributed by atoms with Crippen LogP contribution in [0.15, 0.2) is 0 Å². The lowest BCUT2D eigenvalue weighted by Crippen LogP contribution is -2.19. The van der Waals surface area contributed by atoms with Crippen molar-refractivity contribution >= 4 is 17.3 Å². The van der Waals surface area contributed by atoms with E-state index in [2.05, 4.69) is 10.6 Å². The molecular weight excluding hydrogens is 98.1 g/mol. The summed E-state index contributed by atoms with van der Waals surface area (Å²) in [5, 5.41) is 6.67. The Morgan fingerprint density at radius 3 is 2.00 bits per heavy atom. The van der Waals surface area contributed by atoms with Gasteiger partial charge in [0.15, 0.2) is 5.11 Å². The minimum Gasteiger partial charge on any atom is -0.361 e. The maximum Gasteiger partial charge on any atom is 0.166 e. The maximum atomic E-state index is 4.70. The minimum absolute atomic E-state index is 0.787. The van der Waals surface area contributed by atoms with Crippen molar-refractivity contribution in [3.8, 4) is 0 Å². The molecule has 6 heavy (non-hydrogen) atoms. The predicted molar refractivity (Wildman–Crippen MR) is 28.6 cm³/mol. The van der Waals surface area contributed by atoms with Crippen molar-refractivity contribution in [1.82, 2.24) is 10.6 Å². The van der Waals surface area contributed by atoms with Gasteiger partial charge < -0.3 is 10.6 Å². The molecule has 0 aromatic carbocycles. The van der Waals surface area contributed by atoms with Crippen molar-refractivity contribution in [1.29, 1.82) is 0 Å². The minimum atomic E-state index is 0.787. The summed E-state index contributed by atoms with van der Waals surface area (Å²) in [6.45, 7) is 1.97. The van der Waals surface area contributed by atoms with E-state index in [1.54, 1.807) is 0 Å². The molecule has 1 saturated heterocycles. The average Bonchev–Trinajstić information content (AvgIpc) is 1.86. The van der Waals surface area contributed by atoms with E-state index in [4.69, 9.17) is 12.2 Å². The molecule has 1 fully saturated rings. The first-order valence-electron chi connectivity index (χ1n) is 1.91.